The van der Waals surface area contributed by atoms with Crippen LogP contribution in [0.5, 0.6) is 0 Å². The normalized spacial score (nSPS) is 11.3. The number of benzene rings is 2. The highest BCUT2D eigenvalue weighted by Crippen LogP contribution is 2.32. The van der Waals surface area contributed by atoms with Gasteiger partial charge in [0.25, 0.3) is 0 Å². The number of aryl methyl sites for hydroxylation is 1. The Morgan fingerprint density at radius 1 is 1.17 bits per heavy atom. The maximum atomic E-state index is 12.7. The van der Waals surface area contributed by atoms with Gasteiger partial charge in [0.05, 0.1) is 21.1 Å². The molecule has 1 aromatic heterocycles. The molecule has 0 saturated heterocycles. The fourth-order valence-electron chi connectivity index (χ4n) is 2.76. The Morgan fingerprint density at radius 2 is 1.87 bits per heavy atom. The Hall–Kier alpha value is -2.04. The van der Waals surface area contributed by atoms with E-state index in [1.165, 1.54) is 0 Å². The molecule has 0 saturated carbocycles. The molecule has 1 heterocycles. The van der Waals surface area contributed by atoms with Crippen LogP contribution >= 0.6 is 23.2 Å². The number of aromatic nitrogens is 1. The number of hydrogen-bond donors (Lipinski definition) is 1. The van der Waals surface area contributed by atoms with Gasteiger partial charge in [0.1, 0.15) is 6.54 Å². The first kappa shape index (κ1) is 15.8. The molecule has 0 radical (unpaired) electrons. The van der Waals surface area contributed by atoms with Gasteiger partial charge in [0.15, 0.2) is 5.43 Å². The van der Waals surface area contributed by atoms with E-state index in [9.17, 15) is 14.7 Å². The molecule has 3 aromatic rings. The summed E-state index contributed by atoms with van der Waals surface area (Å²) in [5.41, 5.74) is 1.73. The van der Waals surface area contributed by atoms with E-state index in [1.807, 2.05) is 19.1 Å². The third kappa shape index (κ3) is 2.58. The molecule has 4 nitrogen and oxygen atoms in total. The summed E-state index contributed by atoms with van der Waals surface area (Å²) in [5, 5.41) is 10.6. The Labute approximate surface area is 141 Å². The van der Waals surface area contributed by atoms with Gasteiger partial charge >= 0.3 is 5.97 Å². The molecule has 0 atom stereocenters. The lowest BCUT2D eigenvalue weighted by atomic mass is 10.1. The van der Waals surface area contributed by atoms with E-state index in [-0.39, 0.29) is 22.0 Å². The molecule has 0 amide bonds. The van der Waals surface area contributed by atoms with Gasteiger partial charge < -0.3 is 9.67 Å². The summed E-state index contributed by atoms with van der Waals surface area (Å²) in [6.45, 7) is 1.69. The monoisotopic (exact) mass is 349 g/mol. The second kappa shape index (κ2) is 5.87. The highest BCUT2D eigenvalue weighted by molar-refractivity contribution is 6.45. The summed E-state index contributed by atoms with van der Waals surface area (Å²) >= 11 is 12.3. The molecule has 118 valence electrons. The minimum atomic E-state index is -1.02. The quantitative estimate of drug-likeness (QED) is 0.724. The molecule has 6 heteroatoms. The lowest BCUT2D eigenvalue weighted by molar-refractivity contribution is -0.137. The molecule has 0 aliphatic carbocycles. The van der Waals surface area contributed by atoms with Crippen LogP contribution in [0.2, 0.25) is 10.0 Å². The second-order valence-corrected chi connectivity index (χ2v) is 6.06. The summed E-state index contributed by atoms with van der Waals surface area (Å²) in [4.78, 5) is 24.0. The van der Waals surface area contributed by atoms with Crippen molar-refractivity contribution in [3.8, 4) is 0 Å². The highest BCUT2D eigenvalue weighted by Gasteiger charge is 2.17. The van der Waals surface area contributed by atoms with Crippen molar-refractivity contribution in [1.29, 1.82) is 0 Å². The van der Waals surface area contributed by atoms with E-state index >= 15 is 0 Å². The van der Waals surface area contributed by atoms with Gasteiger partial charge in [-0.2, -0.15) is 0 Å². The average Bonchev–Trinajstić information content (AvgIpc) is 2.53. The van der Waals surface area contributed by atoms with Gasteiger partial charge in [-0.3, -0.25) is 9.59 Å². The molecule has 0 spiro atoms. The summed E-state index contributed by atoms with van der Waals surface area (Å²) in [6, 6.07) is 8.56. The van der Waals surface area contributed by atoms with Crippen molar-refractivity contribution in [2.24, 2.45) is 0 Å². The summed E-state index contributed by atoms with van der Waals surface area (Å²) in [7, 11) is 0. The minimum absolute atomic E-state index is 0.183. The standard InChI is InChI=1S/C17H13Cl2NO3/c1-2-9-3-4-10-13(7-9)20(8-14(21)22)16-11(17(10)23)5-6-12(18)15(16)19/h3-7H,2,8H2,1H3,(H,21,22). The largest absolute Gasteiger partial charge is 0.480 e. The first-order valence-corrected chi connectivity index (χ1v) is 7.84. The van der Waals surface area contributed by atoms with Gasteiger partial charge in [-0.05, 0) is 36.2 Å². The number of pyridine rings is 1. The zero-order valence-electron chi connectivity index (χ0n) is 12.3. The number of halogens is 2. The molecular weight excluding hydrogens is 337 g/mol. The Bertz CT molecular complexity index is 1010. The molecular formula is C17H13Cl2NO3. The maximum absolute atomic E-state index is 12.7. The third-order valence-corrected chi connectivity index (χ3v) is 4.68. The van der Waals surface area contributed by atoms with Gasteiger partial charge in [-0.1, -0.05) is 36.2 Å². The number of carbonyl (C=O) groups is 1. The van der Waals surface area contributed by atoms with Gasteiger partial charge in [-0.15, -0.1) is 0 Å². The van der Waals surface area contributed by atoms with Crippen molar-refractivity contribution >= 4 is 51.0 Å². The minimum Gasteiger partial charge on any atom is -0.480 e. The van der Waals surface area contributed by atoms with E-state index in [2.05, 4.69) is 0 Å². The lowest BCUT2D eigenvalue weighted by Crippen LogP contribution is -2.16. The molecule has 23 heavy (non-hydrogen) atoms. The highest BCUT2D eigenvalue weighted by atomic mass is 35.5. The van der Waals surface area contributed by atoms with Crippen LogP contribution in [0.4, 0.5) is 0 Å². The van der Waals surface area contributed by atoms with Crippen molar-refractivity contribution in [1.82, 2.24) is 4.57 Å². The van der Waals surface area contributed by atoms with Crippen LogP contribution in [0.25, 0.3) is 21.8 Å². The van der Waals surface area contributed by atoms with E-state index in [4.69, 9.17) is 23.2 Å². The first-order valence-electron chi connectivity index (χ1n) is 7.09. The molecule has 0 bridgehead atoms. The van der Waals surface area contributed by atoms with Crippen molar-refractivity contribution < 1.29 is 9.90 Å². The smallest absolute Gasteiger partial charge is 0.323 e. The first-order chi connectivity index (χ1) is 10.9. The van der Waals surface area contributed by atoms with Crippen LogP contribution in [0.1, 0.15) is 12.5 Å². The molecule has 0 unspecified atom stereocenters. The number of aliphatic carboxylic acids is 1. The zero-order valence-corrected chi connectivity index (χ0v) is 13.8. The average molecular weight is 350 g/mol. The lowest BCUT2D eigenvalue weighted by Gasteiger charge is -2.15. The predicted octanol–water partition coefficient (Wildman–Crippen LogP) is 4.11. The Morgan fingerprint density at radius 3 is 2.52 bits per heavy atom. The Kier molecular flexibility index (Phi) is 4.04. The van der Waals surface area contributed by atoms with Gasteiger partial charge in [0, 0.05) is 10.8 Å². The van der Waals surface area contributed by atoms with Crippen molar-refractivity contribution in [3.63, 3.8) is 0 Å². The van der Waals surface area contributed by atoms with Crippen LogP contribution < -0.4 is 5.43 Å². The number of fused-ring (bicyclic) bond motifs is 2. The van der Waals surface area contributed by atoms with Crippen LogP contribution in [0.15, 0.2) is 35.1 Å². The predicted molar refractivity (Wildman–Crippen MR) is 92.7 cm³/mol. The third-order valence-electron chi connectivity index (χ3n) is 3.88. The van der Waals surface area contributed by atoms with Crippen LogP contribution in [-0.4, -0.2) is 15.6 Å². The molecule has 3 rings (SSSR count). The molecule has 0 aliphatic rings. The van der Waals surface area contributed by atoms with Gasteiger partial charge in [-0.25, -0.2) is 0 Å². The fourth-order valence-corrected chi connectivity index (χ4v) is 3.18. The molecule has 0 aliphatic heterocycles. The maximum Gasteiger partial charge on any atom is 0.323 e. The van der Waals surface area contributed by atoms with E-state index < -0.39 is 5.97 Å². The second-order valence-electron chi connectivity index (χ2n) is 5.27. The van der Waals surface area contributed by atoms with E-state index in [0.717, 1.165) is 12.0 Å². The fraction of sp³-hybridized carbons (Fsp3) is 0.176. The van der Waals surface area contributed by atoms with Crippen LogP contribution in [0, 0.1) is 0 Å². The van der Waals surface area contributed by atoms with Crippen molar-refractivity contribution in [2.75, 3.05) is 0 Å². The number of rotatable bonds is 3. The summed E-state index contributed by atoms with van der Waals surface area (Å²) < 4.78 is 1.54. The van der Waals surface area contributed by atoms with Crippen molar-refractivity contribution in [2.45, 2.75) is 19.9 Å². The number of nitrogens with zero attached hydrogens (tertiary/aromatic N) is 1. The number of carboxylic acid groups (broad SMARTS) is 1. The van der Waals surface area contributed by atoms with Crippen LogP contribution in [0.3, 0.4) is 0 Å². The van der Waals surface area contributed by atoms with Gasteiger partial charge in [0.2, 0.25) is 0 Å². The summed E-state index contributed by atoms with van der Waals surface area (Å²) in [5.74, 6) is -1.02. The molecule has 1 N–H and O–H groups in total. The number of carboxylic acids is 1. The van der Waals surface area contributed by atoms with E-state index in [1.54, 1.807) is 22.8 Å². The number of hydrogen-bond acceptors (Lipinski definition) is 2. The van der Waals surface area contributed by atoms with Crippen LogP contribution in [-0.2, 0) is 17.8 Å². The molecule has 2 aromatic carbocycles. The van der Waals surface area contributed by atoms with E-state index in [0.29, 0.717) is 21.8 Å². The molecule has 0 fully saturated rings. The zero-order chi connectivity index (χ0) is 16.7. The topological polar surface area (TPSA) is 59.3 Å². The SMILES string of the molecule is CCc1ccc2c(=O)c3ccc(Cl)c(Cl)c3n(CC(=O)O)c2c1. The van der Waals surface area contributed by atoms with Crippen molar-refractivity contribution in [3.05, 3.63) is 56.2 Å². The summed E-state index contributed by atoms with van der Waals surface area (Å²) in [6.07, 6.45) is 0.776. The Balaban J connectivity index is 2.60.